The lowest BCUT2D eigenvalue weighted by Crippen LogP contribution is -2.48. The lowest BCUT2D eigenvalue weighted by Gasteiger charge is -2.33. The molecule has 2 aromatic heterocycles. The van der Waals surface area contributed by atoms with Crippen LogP contribution in [0.25, 0.3) is 22.5 Å². The van der Waals surface area contributed by atoms with Gasteiger partial charge in [-0.3, -0.25) is 0 Å². The number of hydrogen-bond acceptors (Lipinski definition) is 11. The predicted molar refractivity (Wildman–Crippen MR) is 231 cm³/mol. The minimum absolute atomic E-state index is 0.157. The van der Waals surface area contributed by atoms with E-state index in [1.807, 2.05) is 35.7 Å². The first kappa shape index (κ1) is 41.1. The average Bonchev–Trinajstić information content (AvgIpc) is 3.93. The maximum atomic E-state index is 12.9. The summed E-state index contributed by atoms with van der Waals surface area (Å²) in [6, 6.07) is 29.2. The largest absolute Gasteiger partial charge is 0.497 e. The molecule has 2 fully saturated rings. The summed E-state index contributed by atoms with van der Waals surface area (Å²) < 4.78 is 59.8. The van der Waals surface area contributed by atoms with Crippen molar-refractivity contribution in [2.45, 2.75) is 16.7 Å². The third-order valence-electron chi connectivity index (χ3n) is 9.59. The van der Waals surface area contributed by atoms with Crippen LogP contribution in [0.15, 0.2) is 118 Å². The summed E-state index contributed by atoms with van der Waals surface area (Å²) >= 11 is 15.3. The highest BCUT2D eigenvalue weighted by atomic mass is 35.5. The fourth-order valence-corrected chi connectivity index (χ4v) is 12.1. The number of hydrogen-bond donors (Lipinski definition) is 0. The smallest absolute Gasteiger partial charge is 0.244 e. The zero-order valence-electron chi connectivity index (χ0n) is 31.2. The summed E-state index contributed by atoms with van der Waals surface area (Å²) in [6.07, 6.45) is 0. The van der Waals surface area contributed by atoms with Crippen LogP contribution < -0.4 is 14.5 Å². The van der Waals surface area contributed by atoms with E-state index < -0.39 is 20.0 Å². The first-order chi connectivity index (χ1) is 27.4. The van der Waals surface area contributed by atoms with Gasteiger partial charge < -0.3 is 14.5 Å². The number of anilines is 2. The molecular weight excluding hydrogens is 844 g/mol. The molecule has 0 bridgehead atoms. The van der Waals surface area contributed by atoms with E-state index >= 15 is 0 Å². The Morgan fingerprint density at radius 3 is 1.46 bits per heavy atom. The summed E-state index contributed by atoms with van der Waals surface area (Å²) in [5.74, 6) is 0.787. The SMILES string of the molecule is COc1cccc(-c2csc(N3CCN(S(=O)(=O)c4ccccc4Cl)CC3)n2)c1.Cc1cccc(-c2csc(N3CCN(S(=O)(=O)c4ccccc4Cl)CC3)n2)c1. The number of benzene rings is 4. The molecule has 8 rings (SSSR count). The first-order valence-electron chi connectivity index (χ1n) is 18.1. The number of thiazole rings is 2. The number of ether oxygens (including phenoxy) is 1. The highest BCUT2D eigenvalue weighted by molar-refractivity contribution is 7.89. The third kappa shape index (κ3) is 9.31. The maximum Gasteiger partial charge on any atom is 0.244 e. The lowest BCUT2D eigenvalue weighted by atomic mass is 10.1. The van der Waals surface area contributed by atoms with Gasteiger partial charge in [-0.05, 0) is 49.4 Å². The highest BCUT2D eigenvalue weighted by Crippen LogP contribution is 2.33. The molecule has 0 saturated carbocycles. The van der Waals surface area contributed by atoms with Gasteiger partial charge in [-0.1, -0.05) is 83.4 Å². The molecule has 2 aliphatic rings. The Morgan fingerprint density at radius 2 is 1.02 bits per heavy atom. The van der Waals surface area contributed by atoms with E-state index in [0.717, 1.165) is 38.5 Å². The Labute approximate surface area is 351 Å². The summed E-state index contributed by atoms with van der Waals surface area (Å²) in [4.78, 5) is 14.1. The quantitative estimate of drug-likeness (QED) is 0.142. The minimum atomic E-state index is -3.60. The minimum Gasteiger partial charge on any atom is -0.497 e. The van der Waals surface area contributed by atoms with Crippen molar-refractivity contribution in [2.24, 2.45) is 0 Å². The number of piperazine rings is 2. The number of rotatable bonds is 9. The number of nitrogens with zero attached hydrogens (tertiary/aromatic N) is 6. The van der Waals surface area contributed by atoms with E-state index in [0.29, 0.717) is 52.4 Å². The molecule has 0 radical (unpaired) electrons. The van der Waals surface area contributed by atoms with Crippen LogP contribution in [-0.4, -0.2) is 94.9 Å². The monoisotopic (exact) mass is 882 g/mol. The van der Waals surface area contributed by atoms with Crippen molar-refractivity contribution >= 4 is 76.2 Å². The van der Waals surface area contributed by atoms with Crippen molar-refractivity contribution < 1.29 is 21.6 Å². The van der Waals surface area contributed by atoms with Crippen LogP contribution in [0.5, 0.6) is 5.75 Å². The van der Waals surface area contributed by atoms with E-state index in [1.54, 1.807) is 78.3 Å². The zero-order chi connectivity index (χ0) is 40.2. The Balaban J connectivity index is 0.000000174. The van der Waals surface area contributed by atoms with E-state index in [1.165, 1.54) is 14.2 Å². The van der Waals surface area contributed by atoms with Crippen molar-refractivity contribution in [3.05, 3.63) is 123 Å². The number of aromatic nitrogens is 2. The number of methoxy groups -OCH3 is 1. The van der Waals surface area contributed by atoms with Gasteiger partial charge in [0.05, 0.1) is 28.5 Å². The molecule has 0 aliphatic carbocycles. The van der Waals surface area contributed by atoms with Crippen LogP contribution in [0.3, 0.4) is 0 Å². The third-order valence-corrected chi connectivity index (χ3v) is 16.2. The van der Waals surface area contributed by atoms with Gasteiger partial charge in [-0.15, -0.1) is 22.7 Å². The van der Waals surface area contributed by atoms with Gasteiger partial charge in [0, 0.05) is 74.2 Å². The number of sulfonamides is 2. The summed E-state index contributed by atoms with van der Waals surface area (Å²) in [6.45, 7) is 6.02. The number of aryl methyl sites for hydroxylation is 1. The molecule has 0 N–H and O–H groups in total. The van der Waals surface area contributed by atoms with E-state index in [9.17, 15) is 16.8 Å². The first-order valence-corrected chi connectivity index (χ1v) is 23.5. The van der Waals surface area contributed by atoms with Crippen molar-refractivity contribution in [2.75, 3.05) is 69.3 Å². The van der Waals surface area contributed by atoms with Crippen molar-refractivity contribution in [1.82, 2.24) is 18.6 Å². The standard InChI is InChI=1S/C20H20ClN3O3S2.C20H20ClN3O2S2/c1-27-16-6-4-5-15(13-16)18-14-28-20(22-18)23-9-11-24(12-10-23)29(25,26)19-8-3-2-7-17(19)21;1-15-5-4-6-16(13-15)18-14-27-20(22-18)23-9-11-24(12-10-23)28(25,26)19-8-3-2-7-17(19)21/h2-8,13-14H,9-12H2,1H3;2-8,13-14H,9-12H2,1H3. The molecule has 0 unspecified atom stereocenters. The van der Waals surface area contributed by atoms with Crippen LogP contribution in [0, 0.1) is 6.92 Å². The summed E-state index contributed by atoms with van der Waals surface area (Å²) in [5.41, 5.74) is 5.13. The summed E-state index contributed by atoms with van der Waals surface area (Å²) in [5, 5.41) is 6.38. The van der Waals surface area contributed by atoms with E-state index in [-0.39, 0.29) is 19.8 Å². The second-order valence-corrected chi connectivity index (χ2v) is 19.6. The molecule has 2 saturated heterocycles. The van der Waals surface area contributed by atoms with Gasteiger partial charge in [-0.2, -0.15) is 8.61 Å². The maximum absolute atomic E-state index is 12.9. The van der Waals surface area contributed by atoms with Gasteiger partial charge in [0.25, 0.3) is 0 Å². The fourth-order valence-electron chi connectivity index (χ4n) is 6.50. The normalized spacial score (nSPS) is 15.6. The molecule has 11 nitrogen and oxygen atoms in total. The van der Waals surface area contributed by atoms with Crippen LogP contribution in [0.4, 0.5) is 10.3 Å². The summed E-state index contributed by atoms with van der Waals surface area (Å²) in [7, 11) is -5.54. The Morgan fingerprint density at radius 1 is 0.579 bits per heavy atom. The molecule has 0 atom stereocenters. The van der Waals surface area contributed by atoms with Crippen LogP contribution in [-0.2, 0) is 20.0 Å². The highest BCUT2D eigenvalue weighted by Gasteiger charge is 2.32. The van der Waals surface area contributed by atoms with Crippen molar-refractivity contribution in [3.63, 3.8) is 0 Å². The molecule has 0 amide bonds. The molecule has 4 aromatic carbocycles. The van der Waals surface area contributed by atoms with E-state index in [2.05, 4.69) is 40.3 Å². The predicted octanol–water partition coefficient (Wildman–Crippen LogP) is 8.27. The Bertz CT molecular complexity index is 2550. The molecule has 4 heterocycles. The van der Waals surface area contributed by atoms with Gasteiger partial charge >= 0.3 is 0 Å². The molecular formula is C40H40Cl2N6O5S4. The van der Waals surface area contributed by atoms with Crippen LogP contribution in [0.2, 0.25) is 10.0 Å². The van der Waals surface area contributed by atoms with Gasteiger partial charge in [-0.25, -0.2) is 26.8 Å². The van der Waals surface area contributed by atoms with Gasteiger partial charge in [0.15, 0.2) is 10.3 Å². The van der Waals surface area contributed by atoms with Crippen molar-refractivity contribution in [3.8, 4) is 28.3 Å². The zero-order valence-corrected chi connectivity index (χ0v) is 35.9. The molecule has 0 spiro atoms. The topological polar surface area (TPSA) is 116 Å². The van der Waals surface area contributed by atoms with Crippen LogP contribution in [0.1, 0.15) is 5.56 Å². The van der Waals surface area contributed by atoms with Gasteiger partial charge in [0.2, 0.25) is 20.0 Å². The fraction of sp³-hybridized carbons (Fsp3) is 0.250. The molecule has 2 aliphatic heterocycles. The average molecular weight is 884 g/mol. The molecule has 298 valence electrons. The van der Waals surface area contributed by atoms with Gasteiger partial charge in [0.1, 0.15) is 15.5 Å². The second-order valence-electron chi connectivity index (χ2n) is 13.3. The lowest BCUT2D eigenvalue weighted by molar-refractivity contribution is 0.384. The second kappa shape index (κ2) is 17.8. The number of halogens is 2. The Kier molecular flexibility index (Phi) is 12.9. The molecule has 6 aromatic rings. The van der Waals surface area contributed by atoms with Crippen LogP contribution >= 0.6 is 45.9 Å². The van der Waals surface area contributed by atoms with Crippen molar-refractivity contribution in [1.29, 1.82) is 0 Å². The van der Waals surface area contributed by atoms with E-state index in [4.69, 9.17) is 37.9 Å². The Hall–Kier alpha value is -4.06. The molecule has 57 heavy (non-hydrogen) atoms. The molecule has 17 heteroatoms.